The Kier molecular flexibility index (Phi) is 12.0. The van der Waals surface area contributed by atoms with Crippen molar-refractivity contribution < 1.29 is 13.6 Å². The van der Waals surface area contributed by atoms with Crippen molar-refractivity contribution in [2.75, 3.05) is 13.7 Å². The zero-order valence-electron chi connectivity index (χ0n) is 21.0. The van der Waals surface area contributed by atoms with E-state index in [4.69, 9.17) is 13.6 Å². The third-order valence-electron chi connectivity index (χ3n) is 5.66. The highest BCUT2D eigenvalue weighted by molar-refractivity contribution is 6.70. The van der Waals surface area contributed by atoms with Crippen LogP contribution < -0.4 is 0 Å². The van der Waals surface area contributed by atoms with Crippen molar-refractivity contribution in [2.24, 2.45) is 11.8 Å². The van der Waals surface area contributed by atoms with Gasteiger partial charge in [-0.1, -0.05) is 37.3 Å². The molecule has 0 aromatic heterocycles. The van der Waals surface area contributed by atoms with Crippen molar-refractivity contribution in [3.05, 3.63) is 11.6 Å². The van der Waals surface area contributed by atoms with Gasteiger partial charge in [-0.2, -0.15) is 0 Å². The molecule has 3 nitrogen and oxygen atoms in total. The molecule has 5 heteroatoms. The number of ether oxygens (including phenoxy) is 1. The van der Waals surface area contributed by atoms with Crippen LogP contribution in [-0.2, 0) is 13.6 Å². The second-order valence-electron chi connectivity index (χ2n) is 11.2. The molecule has 0 amide bonds. The van der Waals surface area contributed by atoms with E-state index in [1.165, 1.54) is 44.1 Å². The average molecular weight is 443 g/mol. The summed E-state index contributed by atoms with van der Waals surface area (Å²) in [5, 5.41) is 0. The van der Waals surface area contributed by atoms with Gasteiger partial charge in [0.15, 0.2) is 16.6 Å². The van der Waals surface area contributed by atoms with Crippen LogP contribution in [0.15, 0.2) is 11.6 Å². The van der Waals surface area contributed by atoms with Gasteiger partial charge in [0.05, 0.1) is 12.2 Å². The Labute approximate surface area is 184 Å². The van der Waals surface area contributed by atoms with Crippen molar-refractivity contribution in [2.45, 2.75) is 117 Å². The van der Waals surface area contributed by atoms with Crippen LogP contribution in [0.3, 0.4) is 0 Å². The molecule has 0 heterocycles. The van der Waals surface area contributed by atoms with Crippen LogP contribution in [0.5, 0.6) is 0 Å². The molecule has 0 spiro atoms. The molecular formula is C24H50O3Si2. The van der Waals surface area contributed by atoms with Gasteiger partial charge in [-0.3, -0.25) is 0 Å². The summed E-state index contributed by atoms with van der Waals surface area (Å²) in [5.41, 5.74) is 1.42. The fraction of sp³-hybridized carbons (Fsp3) is 0.917. The van der Waals surface area contributed by atoms with Crippen LogP contribution in [0.1, 0.15) is 65.2 Å². The standard InChI is InChI=1S/C24H50O3Si2/c1-20(2)16-17-22-21(15-13-11-10-12-14-18-25-3)23(26-28(4,5)6)19-24(22)27-29(7,8)9/h16,21-24H,10-15,17-19H2,1-9H3. The first-order valence-corrected chi connectivity index (χ1v) is 18.7. The summed E-state index contributed by atoms with van der Waals surface area (Å²) in [6.07, 6.45) is 13.1. The molecule has 0 saturated heterocycles. The van der Waals surface area contributed by atoms with E-state index in [0.29, 0.717) is 24.0 Å². The lowest BCUT2D eigenvalue weighted by Gasteiger charge is -2.31. The SMILES string of the molecule is COCCCCCCCC1C(O[Si](C)(C)C)CC(O[Si](C)(C)C)C1CC=C(C)C. The summed E-state index contributed by atoms with van der Waals surface area (Å²) in [7, 11) is -1.35. The molecule has 0 N–H and O–H groups in total. The van der Waals surface area contributed by atoms with E-state index in [1.54, 1.807) is 7.11 Å². The second-order valence-corrected chi connectivity index (χ2v) is 20.1. The normalized spacial score (nSPS) is 25.4. The lowest BCUT2D eigenvalue weighted by Crippen LogP contribution is -2.35. The van der Waals surface area contributed by atoms with Gasteiger partial charge in [-0.05, 0) is 90.6 Å². The second kappa shape index (κ2) is 12.8. The van der Waals surface area contributed by atoms with E-state index in [9.17, 15) is 0 Å². The van der Waals surface area contributed by atoms with Crippen molar-refractivity contribution in [1.82, 2.24) is 0 Å². The van der Waals surface area contributed by atoms with Crippen LogP contribution >= 0.6 is 0 Å². The van der Waals surface area contributed by atoms with Gasteiger partial charge in [0.1, 0.15) is 0 Å². The predicted molar refractivity (Wildman–Crippen MR) is 132 cm³/mol. The zero-order valence-corrected chi connectivity index (χ0v) is 23.0. The van der Waals surface area contributed by atoms with Crippen molar-refractivity contribution in [3.8, 4) is 0 Å². The Bertz CT molecular complexity index is 475. The van der Waals surface area contributed by atoms with E-state index in [0.717, 1.165) is 19.4 Å². The third kappa shape index (κ3) is 11.9. The molecule has 0 aromatic carbocycles. The maximum absolute atomic E-state index is 6.74. The first-order valence-electron chi connectivity index (χ1n) is 11.9. The Morgan fingerprint density at radius 1 is 0.793 bits per heavy atom. The first kappa shape index (κ1) is 27.1. The van der Waals surface area contributed by atoms with Crippen LogP contribution in [0.25, 0.3) is 0 Å². The Morgan fingerprint density at radius 3 is 1.83 bits per heavy atom. The van der Waals surface area contributed by atoms with Gasteiger partial charge in [0.2, 0.25) is 0 Å². The van der Waals surface area contributed by atoms with Gasteiger partial charge < -0.3 is 13.6 Å². The highest BCUT2D eigenvalue weighted by Crippen LogP contribution is 2.43. The molecule has 1 rings (SSSR count). The summed E-state index contributed by atoms with van der Waals surface area (Å²) in [6, 6.07) is 0. The molecule has 0 aromatic rings. The maximum atomic E-state index is 6.74. The van der Waals surface area contributed by atoms with E-state index < -0.39 is 16.6 Å². The Balaban J connectivity index is 2.82. The van der Waals surface area contributed by atoms with E-state index in [1.807, 2.05) is 0 Å². The number of rotatable bonds is 14. The Morgan fingerprint density at radius 2 is 1.31 bits per heavy atom. The third-order valence-corrected chi connectivity index (χ3v) is 7.68. The van der Waals surface area contributed by atoms with Crippen LogP contribution in [0.2, 0.25) is 39.3 Å². The Hall–Kier alpha value is 0.0538. The molecule has 1 saturated carbocycles. The summed E-state index contributed by atoms with van der Waals surface area (Å²) in [6.45, 7) is 19.3. The minimum atomic E-state index is -1.57. The van der Waals surface area contributed by atoms with Crippen molar-refractivity contribution in [3.63, 3.8) is 0 Å². The average Bonchev–Trinajstić information content (AvgIpc) is 2.84. The number of hydrogen-bond donors (Lipinski definition) is 0. The van der Waals surface area contributed by atoms with Gasteiger partial charge in [-0.15, -0.1) is 0 Å². The maximum Gasteiger partial charge on any atom is 0.184 e. The molecule has 0 radical (unpaired) electrons. The monoisotopic (exact) mass is 442 g/mol. The minimum Gasteiger partial charge on any atom is -0.414 e. The quantitative estimate of drug-likeness (QED) is 0.159. The lowest BCUT2D eigenvalue weighted by atomic mass is 9.86. The van der Waals surface area contributed by atoms with E-state index in [-0.39, 0.29) is 0 Å². The lowest BCUT2D eigenvalue weighted by molar-refractivity contribution is 0.122. The summed E-state index contributed by atoms with van der Waals surface area (Å²) >= 11 is 0. The van der Waals surface area contributed by atoms with Gasteiger partial charge >= 0.3 is 0 Å². The van der Waals surface area contributed by atoms with Crippen LogP contribution in [0, 0.1) is 11.8 Å². The highest BCUT2D eigenvalue weighted by Gasteiger charge is 2.45. The fourth-order valence-corrected chi connectivity index (χ4v) is 6.92. The van der Waals surface area contributed by atoms with E-state index >= 15 is 0 Å². The van der Waals surface area contributed by atoms with Crippen LogP contribution in [0.4, 0.5) is 0 Å². The summed E-state index contributed by atoms with van der Waals surface area (Å²) in [4.78, 5) is 0. The molecule has 1 aliphatic carbocycles. The molecule has 0 aliphatic heterocycles. The molecule has 1 fully saturated rings. The van der Waals surface area contributed by atoms with Crippen molar-refractivity contribution in [1.29, 1.82) is 0 Å². The van der Waals surface area contributed by atoms with Gasteiger partial charge in [0, 0.05) is 13.7 Å². The van der Waals surface area contributed by atoms with Gasteiger partial charge in [-0.25, -0.2) is 0 Å². The molecule has 4 unspecified atom stereocenters. The molecular weight excluding hydrogens is 392 g/mol. The van der Waals surface area contributed by atoms with E-state index in [2.05, 4.69) is 59.2 Å². The fourth-order valence-electron chi connectivity index (χ4n) is 4.56. The minimum absolute atomic E-state index is 0.366. The largest absolute Gasteiger partial charge is 0.414 e. The predicted octanol–water partition coefficient (Wildman–Crippen LogP) is 7.41. The number of unbranched alkanes of at least 4 members (excludes halogenated alkanes) is 4. The summed E-state index contributed by atoms with van der Waals surface area (Å²) in [5.74, 6) is 1.24. The smallest absolute Gasteiger partial charge is 0.184 e. The topological polar surface area (TPSA) is 27.7 Å². The molecule has 172 valence electrons. The number of hydrogen-bond acceptors (Lipinski definition) is 3. The van der Waals surface area contributed by atoms with Gasteiger partial charge in [0.25, 0.3) is 0 Å². The molecule has 4 atom stereocenters. The molecule has 1 aliphatic rings. The zero-order chi connectivity index (χ0) is 22.1. The number of methoxy groups -OCH3 is 1. The van der Waals surface area contributed by atoms with Crippen molar-refractivity contribution >= 4 is 16.6 Å². The molecule has 29 heavy (non-hydrogen) atoms. The first-order chi connectivity index (χ1) is 13.4. The molecule has 0 bridgehead atoms. The summed E-state index contributed by atoms with van der Waals surface area (Å²) < 4.78 is 18.6. The van der Waals surface area contributed by atoms with Crippen LogP contribution in [-0.4, -0.2) is 42.6 Å². The highest BCUT2D eigenvalue weighted by atomic mass is 28.4. The number of allylic oxidation sites excluding steroid dienone is 2.